The number of rotatable bonds is 3. The smallest absolute Gasteiger partial charge is 0.167 e. The molecule has 0 N–H and O–H groups in total. The Bertz CT molecular complexity index is 590. The van der Waals surface area contributed by atoms with Gasteiger partial charge in [-0.25, -0.2) is 4.39 Å². The monoisotopic (exact) mass is 305 g/mol. The fraction of sp³-hybridized carbons (Fsp3) is 0.0714. The molecular weight excluding hydrogens is 297 g/mol. The average molecular weight is 306 g/mol. The van der Waals surface area contributed by atoms with E-state index in [4.69, 9.17) is 10.00 Å². The number of halogens is 2. The van der Waals surface area contributed by atoms with Crippen LogP contribution in [0.1, 0.15) is 11.1 Å². The standard InChI is InChI=1S/C14H9BrFNO/c15-8-10-1-4-12(5-2-10)18-14-6-3-11(9-17)7-13(14)16/h1-7H,8H2. The van der Waals surface area contributed by atoms with Gasteiger partial charge >= 0.3 is 0 Å². The predicted molar refractivity (Wildman–Crippen MR) is 70.3 cm³/mol. The van der Waals surface area contributed by atoms with E-state index in [1.807, 2.05) is 18.2 Å². The van der Waals surface area contributed by atoms with Crippen LogP contribution >= 0.6 is 15.9 Å². The van der Waals surface area contributed by atoms with E-state index in [1.165, 1.54) is 12.1 Å². The molecule has 4 heteroatoms. The average Bonchev–Trinajstić information content (AvgIpc) is 2.42. The molecule has 18 heavy (non-hydrogen) atoms. The lowest BCUT2D eigenvalue weighted by molar-refractivity contribution is 0.442. The molecule has 0 aliphatic carbocycles. The Hall–Kier alpha value is -1.86. The zero-order valence-electron chi connectivity index (χ0n) is 9.36. The van der Waals surface area contributed by atoms with Crippen molar-refractivity contribution in [2.75, 3.05) is 0 Å². The van der Waals surface area contributed by atoms with Crippen molar-refractivity contribution >= 4 is 15.9 Å². The first-order chi connectivity index (χ1) is 8.72. The molecule has 0 saturated heterocycles. The van der Waals surface area contributed by atoms with Gasteiger partial charge in [-0.3, -0.25) is 0 Å². The first-order valence-corrected chi connectivity index (χ1v) is 6.37. The lowest BCUT2D eigenvalue weighted by atomic mass is 10.2. The van der Waals surface area contributed by atoms with Crippen molar-refractivity contribution in [3.8, 4) is 17.6 Å². The van der Waals surface area contributed by atoms with Crippen molar-refractivity contribution in [2.45, 2.75) is 5.33 Å². The molecule has 0 amide bonds. The van der Waals surface area contributed by atoms with Gasteiger partial charge in [0, 0.05) is 5.33 Å². The highest BCUT2D eigenvalue weighted by atomic mass is 79.9. The quantitative estimate of drug-likeness (QED) is 0.788. The molecule has 2 rings (SSSR count). The molecule has 0 fully saturated rings. The number of nitriles is 1. The molecule has 0 spiro atoms. The third-order valence-electron chi connectivity index (χ3n) is 2.37. The lowest BCUT2D eigenvalue weighted by Gasteiger charge is -2.07. The molecule has 0 aliphatic rings. The zero-order valence-corrected chi connectivity index (χ0v) is 10.9. The Labute approximate surface area is 113 Å². The maximum absolute atomic E-state index is 13.6. The molecular formula is C14H9BrFNO. The number of ether oxygens (including phenoxy) is 1. The molecule has 0 aliphatic heterocycles. The summed E-state index contributed by atoms with van der Waals surface area (Å²) in [5.74, 6) is 0.127. The van der Waals surface area contributed by atoms with Gasteiger partial charge in [0.15, 0.2) is 11.6 Å². The predicted octanol–water partition coefficient (Wildman–Crippen LogP) is 4.38. The van der Waals surface area contributed by atoms with Crippen molar-refractivity contribution in [2.24, 2.45) is 0 Å². The Morgan fingerprint density at radius 2 is 1.89 bits per heavy atom. The minimum absolute atomic E-state index is 0.112. The molecule has 0 atom stereocenters. The summed E-state index contributed by atoms with van der Waals surface area (Å²) in [5.41, 5.74) is 1.39. The summed E-state index contributed by atoms with van der Waals surface area (Å²) in [7, 11) is 0. The Balaban J connectivity index is 2.20. The third-order valence-corrected chi connectivity index (χ3v) is 3.01. The van der Waals surface area contributed by atoms with Crippen LogP contribution in [0.3, 0.4) is 0 Å². The second kappa shape index (κ2) is 5.65. The lowest BCUT2D eigenvalue weighted by Crippen LogP contribution is -1.89. The molecule has 2 aromatic carbocycles. The normalized spacial score (nSPS) is 9.83. The molecule has 90 valence electrons. The summed E-state index contributed by atoms with van der Waals surface area (Å²) >= 11 is 3.34. The van der Waals surface area contributed by atoms with Crippen molar-refractivity contribution in [1.82, 2.24) is 0 Å². The van der Waals surface area contributed by atoms with Gasteiger partial charge < -0.3 is 4.74 Å². The summed E-state index contributed by atoms with van der Waals surface area (Å²) in [6.07, 6.45) is 0. The Kier molecular flexibility index (Phi) is 3.96. The van der Waals surface area contributed by atoms with E-state index in [-0.39, 0.29) is 11.3 Å². The molecule has 0 radical (unpaired) electrons. The first-order valence-electron chi connectivity index (χ1n) is 5.25. The number of hydrogen-bond acceptors (Lipinski definition) is 2. The fourth-order valence-corrected chi connectivity index (χ4v) is 1.80. The van der Waals surface area contributed by atoms with Crippen LogP contribution in [0.5, 0.6) is 11.5 Å². The van der Waals surface area contributed by atoms with E-state index >= 15 is 0 Å². The number of alkyl halides is 1. The highest BCUT2D eigenvalue weighted by molar-refractivity contribution is 9.08. The van der Waals surface area contributed by atoms with E-state index in [0.29, 0.717) is 5.75 Å². The third kappa shape index (κ3) is 2.88. The Morgan fingerprint density at radius 3 is 2.44 bits per heavy atom. The molecule has 0 aromatic heterocycles. The first kappa shape index (κ1) is 12.6. The van der Waals surface area contributed by atoms with Gasteiger partial charge in [-0.15, -0.1) is 0 Å². The Morgan fingerprint density at radius 1 is 1.17 bits per heavy atom. The van der Waals surface area contributed by atoms with E-state index in [2.05, 4.69) is 15.9 Å². The van der Waals surface area contributed by atoms with E-state index in [0.717, 1.165) is 17.0 Å². The fourth-order valence-electron chi connectivity index (χ4n) is 1.43. The molecule has 0 unspecified atom stereocenters. The van der Waals surface area contributed by atoms with Crippen LogP contribution in [-0.2, 0) is 5.33 Å². The van der Waals surface area contributed by atoms with E-state index in [9.17, 15) is 4.39 Å². The van der Waals surface area contributed by atoms with Crippen molar-refractivity contribution < 1.29 is 9.13 Å². The van der Waals surface area contributed by atoms with Gasteiger partial charge in [-0.1, -0.05) is 28.1 Å². The van der Waals surface area contributed by atoms with E-state index < -0.39 is 5.82 Å². The van der Waals surface area contributed by atoms with Gasteiger partial charge in [0.05, 0.1) is 11.6 Å². The summed E-state index contributed by atoms with van der Waals surface area (Å²) in [4.78, 5) is 0. The number of benzene rings is 2. The van der Waals surface area contributed by atoms with Crippen LogP contribution in [0.25, 0.3) is 0 Å². The maximum Gasteiger partial charge on any atom is 0.167 e. The molecule has 2 nitrogen and oxygen atoms in total. The van der Waals surface area contributed by atoms with Crippen LogP contribution in [0.15, 0.2) is 42.5 Å². The van der Waals surface area contributed by atoms with Gasteiger partial charge in [0.1, 0.15) is 5.75 Å². The second-order valence-electron chi connectivity index (χ2n) is 3.64. The van der Waals surface area contributed by atoms with Crippen LogP contribution < -0.4 is 4.74 Å². The summed E-state index contributed by atoms with van der Waals surface area (Å²) in [6.45, 7) is 0. The van der Waals surface area contributed by atoms with Gasteiger partial charge in [0.2, 0.25) is 0 Å². The minimum atomic E-state index is -0.543. The minimum Gasteiger partial charge on any atom is -0.454 e. The number of hydrogen-bond donors (Lipinski definition) is 0. The zero-order chi connectivity index (χ0) is 13.0. The summed E-state index contributed by atoms with van der Waals surface area (Å²) in [6, 6.07) is 13.3. The molecule has 0 heterocycles. The highest BCUT2D eigenvalue weighted by Crippen LogP contribution is 2.25. The largest absolute Gasteiger partial charge is 0.454 e. The van der Waals surface area contributed by atoms with Crippen LogP contribution in [0, 0.1) is 17.1 Å². The SMILES string of the molecule is N#Cc1ccc(Oc2ccc(CBr)cc2)c(F)c1. The summed E-state index contributed by atoms with van der Waals surface area (Å²) < 4.78 is 19.0. The molecule has 0 bridgehead atoms. The maximum atomic E-state index is 13.6. The van der Waals surface area contributed by atoms with Gasteiger partial charge in [-0.05, 0) is 35.9 Å². The van der Waals surface area contributed by atoms with Crippen LogP contribution in [0.2, 0.25) is 0 Å². The topological polar surface area (TPSA) is 33.0 Å². The van der Waals surface area contributed by atoms with Crippen molar-refractivity contribution in [3.05, 3.63) is 59.4 Å². The van der Waals surface area contributed by atoms with E-state index in [1.54, 1.807) is 12.1 Å². The van der Waals surface area contributed by atoms with Gasteiger partial charge in [-0.2, -0.15) is 5.26 Å². The highest BCUT2D eigenvalue weighted by Gasteiger charge is 2.05. The van der Waals surface area contributed by atoms with Crippen LogP contribution in [0.4, 0.5) is 4.39 Å². The summed E-state index contributed by atoms with van der Waals surface area (Å²) in [5, 5.41) is 9.40. The molecule has 2 aromatic rings. The second-order valence-corrected chi connectivity index (χ2v) is 4.20. The number of nitrogens with zero attached hydrogens (tertiary/aromatic N) is 1. The van der Waals surface area contributed by atoms with Crippen molar-refractivity contribution in [1.29, 1.82) is 5.26 Å². The van der Waals surface area contributed by atoms with Crippen molar-refractivity contribution in [3.63, 3.8) is 0 Å². The van der Waals surface area contributed by atoms with Gasteiger partial charge in [0.25, 0.3) is 0 Å². The molecule has 0 saturated carbocycles. The van der Waals surface area contributed by atoms with Crippen LogP contribution in [-0.4, -0.2) is 0 Å².